The Morgan fingerprint density at radius 2 is 2.05 bits per heavy atom. The van der Waals surface area contributed by atoms with Crippen molar-refractivity contribution in [3.05, 3.63) is 35.4 Å². The summed E-state index contributed by atoms with van der Waals surface area (Å²) < 4.78 is 26.5. The van der Waals surface area contributed by atoms with Crippen LogP contribution in [0.5, 0.6) is 0 Å². The van der Waals surface area contributed by atoms with Crippen LogP contribution in [-0.4, -0.2) is 49.1 Å². The summed E-state index contributed by atoms with van der Waals surface area (Å²) in [5, 5.41) is 3.29. The molecule has 1 aromatic rings. The third-order valence-electron chi connectivity index (χ3n) is 3.66. The Morgan fingerprint density at radius 3 is 2.63 bits per heavy atom. The number of nitrogens with one attached hydrogen (secondary N) is 1. The fourth-order valence-electron chi connectivity index (χ4n) is 2.54. The molecular formula is C14H20F2N2S. The Bertz CT molecular complexity index is 408. The van der Waals surface area contributed by atoms with Crippen LogP contribution in [0.1, 0.15) is 5.56 Å². The molecule has 2 nitrogen and oxygen atoms in total. The number of benzene rings is 1. The zero-order valence-corrected chi connectivity index (χ0v) is 12.1. The van der Waals surface area contributed by atoms with Crippen LogP contribution < -0.4 is 5.32 Å². The van der Waals surface area contributed by atoms with Crippen LogP contribution in [0.4, 0.5) is 8.78 Å². The van der Waals surface area contributed by atoms with Gasteiger partial charge in [0.05, 0.1) is 0 Å². The van der Waals surface area contributed by atoms with Gasteiger partial charge in [0, 0.05) is 36.2 Å². The van der Waals surface area contributed by atoms with Crippen molar-refractivity contribution >= 4 is 11.8 Å². The quantitative estimate of drug-likeness (QED) is 0.913. The van der Waals surface area contributed by atoms with Crippen LogP contribution in [-0.2, 0) is 6.42 Å². The van der Waals surface area contributed by atoms with Crippen molar-refractivity contribution in [2.75, 3.05) is 32.1 Å². The Labute approximate surface area is 117 Å². The number of hydrogen-bond donors (Lipinski definition) is 1. The maximum atomic E-state index is 13.2. The zero-order chi connectivity index (χ0) is 13.8. The molecular weight excluding hydrogens is 266 g/mol. The summed E-state index contributed by atoms with van der Waals surface area (Å²) in [4.78, 5) is 2.33. The molecule has 5 heteroatoms. The molecule has 106 valence electrons. The molecule has 1 heterocycles. The van der Waals surface area contributed by atoms with Crippen molar-refractivity contribution in [2.45, 2.75) is 18.5 Å². The van der Waals surface area contributed by atoms with Gasteiger partial charge in [-0.1, -0.05) is 0 Å². The van der Waals surface area contributed by atoms with Gasteiger partial charge in [-0.3, -0.25) is 0 Å². The van der Waals surface area contributed by atoms with E-state index >= 15 is 0 Å². The Kier molecular flexibility index (Phi) is 5.19. The SMILES string of the molecule is CNC(Cc1cc(F)cc(F)c1)C1CSCCN1C. The van der Waals surface area contributed by atoms with E-state index in [1.807, 2.05) is 18.8 Å². The lowest BCUT2D eigenvalue weighted by Crippen LogP contribution is -2.52. The van der Waals surface area contributed by atoms with Gasteiger partial charge in [-0.05, 0) is 38.2 Å². The zero-order valence-electron chi connectivity index (χ0n) is 11.3. The third-order valence-corrected chi connectivity index (χ3v) is 4.70. The van der Waals surface area contributed by atoms with E-state index < -0.39 is 11.6 Å². The highest BCUT2D eigenvalue weighted by atomic mass is 32.2. The summed E-state index contributed by atoms with van der Waals surface area (Å²) in [7, 11) is 4.02. The van der Waals surface area contributed by atoms with Gasteiger partial charge < -0.3 is 10.2 Å². The van der Waals surface area contributed by atoms with Crippen LogP contribution in [0.25, 0.3) is 0 Å². The molecule has 2 atom stereocenters. The fourth-order valence-corrected chi connectivity index (χ4v) is 3.85. The molecule has 0 amide bonds. The summed E-state index contributed by atoms with van der Waals surface area (Å²) in [6.07, 6.45) is 0.640. The molecule has 0 aromatic heterocycles. The molecule has 1 fully saturated rings. The maximum Gasteiger partial charge on any atom is 0.126 e. The highest BCUT2D eigenvalue weighted by molar-refractivity contribution is 7.99. The van der Waals surface area contributed by atoms with Crippen molar-refractivity contribution in [1.29, 1.82) is 0 Å². The molecule has 0 radical (unpaired) electrons. The Balaban J connectivity index is 2.09. The fraction of sp³-hybridized carbons (Fsp3) is 0.571. The molecule has 0 aliphatic carbocycles. The van der Waals surface area contributed by atoms with Crippen LogP contribution in [0.2, 0.25) is 0 Å². The van der Waals surface area contributed by atoms with E-state index in [1.54, 1.807) is 0 Å². The molecule has 19 heavy (non-hydrogen) atoms. The van der Waals surface area contributed by atoms with Crippen molar-refractivity contribution in [2.24, 2.45) is 0 Å². The van der Waals surface area contributed by atoms with E-state index in [4.69, 9.17) is 0 Å². The monoisotopic (exact) mass is 286 g/mol. The average molecular weight is 286 g/mol. The van der Waals surface area contributed by atoms with Crippen LogP contribution >= 0.6 is 11.8 Å². The Morgan fingerprint density at radius 1 is 1.37 bits per heavy atom. The summed E-state index contributed by atoms with van der Waals surface area (Å²) in [6, 6.07) is 4.36. The second-order valence-corrected chi connectivity index (χ2v) is 6.15. The topological polar surface area (TPSA) is 15.3 Å². The van der Waals surface area contributed by atoms with E-state index in [0.717, 1.165) is 24.1 Å². The number of rotatable bonds is 4. The number of thioether (sulfide) groups is 1. The van der Waals surface area contributed by atoms with E-state index in [2.05, 4.69) is 17.3 Å². The average Bonchev–Trinajstić information content (AvgIpc) is 2.36. The molecule has 0 saturated carbocycles. The molecule has 0 bridgehead atoms. The summed E-state index contributed by atoms with van der Waals surface area (Å²) in [5.41, 5.74) is 0.709. The molecule has 1 saturated heterocycles. The first-order chi connectivity index (χ1) is 9.10. The number of nitrogens with zero attached hydrogens (tertiary/aromatic N) is 1. The van der Waals surface area contributed by atoms with Gasteiger partial charge >= 0.3 is 0 Å². The van der Waals surface area contributed by atoms with Gasteiger partial charge in [0.25, 0.3) is 0 Å². The van der Waals surface area contributed by atoms with Crippen molar-refractivity contribution in [3.63, 3.8) is 0 Å². The van der Waals surface area contributed by atoms with Gasteiger partial charge in [-0.2, -0.15) is 11.8 Å². The largest absolute Gasteiger partial charge is 0.315 e. The van der Waals surface area contributed by atoms with Crippen LogP contribution in [0, 0.1) is 11.6 Å². The molecule has 0 spiro atoms. The van der Waals surface area contributed by atoms with Crippen molar-refractivity contribution in [3.8, 4) is 0 Å². The van der Waals surface area contributed by atoms with Crippen molar-refractivity contribution in [1.82, 2.24) is 10.2 Å². The first-order valence-electron chi connectivity index (χ1n) is 6.50. The number of likely N-dealkylation sites (N-methyl/N-ethyl adjacent to an activating group) is 2. The molecule has 1 N–H and O–H groups in total. The summed E-state index contributed by atoms with van der Waals surface area (Å²) in [6.45, 7) is 1.06. The summed E-state index contributed by atoms with van der Waals surface area (Å²) >= 11 is 1.94. The minimum Gasteiger partial charge on any atom is -0.315 e. The maximum absolute atomic E-state index is 13.2. The van der Waals surface area contributed by atoms with Gasteiger partial charge in [-0.15, -0.1) is 0 Å². The summed E-state index contributed by atoms with van der Waals surface area (Å²) in [5.74, 6) is 1.20. The molecule has 1 aliphatic rings. The highest BCUT2D eigenvalue weighted by Gasteiger charge is 2.27. The standard InChI is InChI=1S/C14H20F2N2S/c1-17-13(14-9-19-4-3-18(14)2)7-10-5-11(15)8-12(16)6-10/h5-6,8,13-14,17H,3-4,7,9H2,1-2H3. The lowest BCUT2D eigenvalue weighted by Gasteiger charge is -2.37. The molecule has 1 aromatic carbocycles. The second kappa shape index (κ2) is 6.68. The smallest absolute Gasteiger partial charge is 0.126 e. The van der Waals surface area contributed by atoms with Gasteiger partial charge in [0.2, 0.25) is 0 Å². The van der Waals surface area contributed by atoms with Gasteiger partial charge in [0.15, 0.2) is 0 Å². The molecule has 1 aliphatic heterocycles. The van der Waals surface area contributed by atoms with E-state index in [9.17, 15) is 8.78 Å². The van der Waals surface area contributed by atoms with Crippen LogP contribution in [0.15, 0.2) is 18.2 Å². The minimum atomic E-state index is -0.503. The third kappa shape index (κ3) is 3.91. The van der Waals surface area contributed by atoms with E-state index in [1.165, 1.54) is 12.1 Å². The predicted octanol–water partition coefficient (Wildman–Crippen LogP) is 2.14. The predicted molar refractivity (Wildman–Crippen MR) is 76.7 cm³/mol. The normalized spacial score (nSPS) is 22.4. The first kappa shape index (κ1) is 14.8. The lowest BCUT2D eigenvalue weighted by atomic mass is 9.99. The second-order valence-electron chi connectivity index (χ2n) is 5.00. The van der Waals surface area contributed by atoms with Gasteiger partial charge in [-0.25, -0.2) is 8.78 Å². The highest BCUT2D eigenvalue weighted by Crippen LogP contribution is 2.20. The Hall–Kier alpha value is -0.650. The molecule has 2 unspecified atom stereocenters. The van der Waals surface area contributed by atoms with Crippen LogP contribution in [0.3, 0.4) is 0 Å². The first-order valence-corrected chi connectivity index (χ1v) is 7.66. The van der Waals surface area contributed by atoms with Gasteiger partial charge in [0.1, 0.15) is 11.6 Å². The van der Waals surface area contributed by atoms with E-state index in [-0.39, 0.29) is 6.04 Å². The molecule has 2 rings (SSSR count). The number of halogens is 2. The van der Waals surface area contributed by atoms with E-state index in [0.29, 0.717) is 18.0 Å². The number of hydrogen-bond acceptors (Lipinski definition) is 3. The van der Waals surface area contributed by atoms with Crippen molar-refractivity contribution < 1.29 is 8.78 Å². The lowest BCUT2D eigenvalue weighted by molar-refractivity contribution is 0.219. The minimum absolute atomic E-state index is 0.207.